The number of aromatic nitrogens is 4. The highest BCUT2D eigenvalue weighted by Gasteiger charge is 2.24. The van der Waals surface area contributed by atoms with E-state index in [0.29, 0.717) is 24.1 Å². The Hall–Kier alpha value is -2.42. The molecule has 0 radical (unpaired) electrons. The molecule has 0 aromatic carbocycles. The van der Waals surface area contributed by atoms with Crippen LogP contribution in [-0.4, -0.2) is 32.6 Å². The highest BCUT2D eigenvalue weighted by atomic mass is 16.5. The molecule has 2 N–H and O–H groups in total. The summed E-state index contributed by atoms with van der Waals surface area (Å²) in [7, 11) is 1.82. The van der Waals surface area contributed by atoms with E-state index >= 15 is 0 Å². The SMILES string of the molecule is CCc1nn(C)c(NC(=O)NCc2noc(C3CCCO3)n2)c1CC. The van der Waals surface area contributed by atoms with Crippen LogP contribution in [-0.2, 0) is 31.2 Å². The Morgan fingerprint density at radius 1 is 1.36 bits per heavy atom. The van der Waals surface area contributed by atoms with E-state index in [9.17, 15) is 4.79 Å². The van der Waals surface area contributed by atoms with Gasteiger partial charge in [-0.25, -0.2) is 4.79 Å². The number of rotatable bonds is 6. The monoisotopic (exact) mass is 348 g/mol. The van der Waals surface area contributed by atoms with Crippen molar-refractivity contribution < 1.29 is 14.1 Å². The van der Waals surface area contributed by atoms with Gasteiger partial charge in [0.2, 0.25) is 0 Å². The molecule has 0 bridgehead atoms. The molecule has 9 heteroatoms. The molecule has 3 heterocycles. The van der Waals surface area contributed by atoms with E-state index in [-0.39, 0.29) is 18.7 Å². The Balaban J connectivity index is 1.57. The summed E-state index contributed by atoms with van der Waals surface area (Å²) in [5.74, 6) is 1.61. The van der Waals surface area contributed by atoms with Crippen molar-refractivity contribution in [1.82, 2.24) is 25.2 Å². The van der Waals surface area contributed by atoms with Crippen molar-refractivity contribution in [3.8, 4) is 0 Å². The first-order valence-corrected chi connectivity index (χ1v) is 8.66. The van der Waals surface area contributed by atoms with Crippen molar-refractivity contribution in [2.75, 3.05) is 11.9 Å². The lowest BCUT2D eigenvalue weighted by Gasteiger charge is -2.08. The first kappa shape index (κ1) is 17.4. The molecular weight excluding hydrogens is 324 g/mol. The van der Waals surface area contributed by atoms with Crippen LogP contribution in [0.3, 0.4) is 0 Å². The second-order valence-corrected chi connectivity index (χ2v) is 5.96. The van der Waals surface area contributed by atoms with E-state index in [1.54, 1.807) is 4.68 Å². The van der Waals surface area contributed by atoms with Gasteiger partial charge in [-0.3, -0.25) is 10.00 Å². The third-order valence-electron chi connectivity index (χ3n) is 4.24. The summed E-state index contributed by atoms with van der Waals surface area (Å²) in [6, 6.07) is -0.330. The first-order chi connectivity index (χ1) is 12.1. The predicted octanol–water partition coefficient (Wildman–Crippen LogP) is 2.10. The van der Waals surface area contributed by atoms with Crippen LogP contribution in [0.5, 0.6) is 0 Å². The Labute approximate surface area is 146 Å². The van der Waals surface area contributed by atoms with Crippen LogP contribution in [0.25, 0.3) is 0 Å². The van der Waals surface area contributed by atoms with Gasteiger partial charge in [0, 0.05) is 19.2 Å². The normalized spacial score (nSPS) is 17.0. The number of nitrogens with one attached hydrogen (secondary N) is 2. The zero-order chi connectivity index (χ0) is 17.8. The van der Waals surface area contributed by atoms with Crippen LogP contribution < -0.4 is 10.6 Å². The van der Waals surface area contributed by atoms with Crippen molar-refractivity contribution in [3.05, 3.63) is 23.0 Å². The van der Waals surface area contributed by atoms with Crippen LogP contribution in [0.15, 0.2) is 4.52 Å². The number of carbonyl (C=O) groups is 1. The predicted molar refractivity (Wildman–Crippen MR) is 90.0 cm³/mol. The number of hydrogen-bond donors (Lipinski definition) is 2. The van der Waals surface area contributed by atoms with E-state index in [4.69, 9.17) is 9.26 Å². The second-order valence-electron chi connectivity index (χ2n) is 5.96. The molecule has 1 unspecified atom stereocenters. The van der Waals surface area contributed by atoms with Crippen LogP contribution in [0.2, 0.25) is 0 Å². The summed E-state index contributed by atoms with van der Waals surface area (Å²) in [5.41, 5.74) is 2.06. The first-order valence-electron chi connectivity index (χ1n) is 8.66. The van der Waals surface area contributed by atoms with Crippen LogP contribution in [0, 0.1) is 0 Å². The maximum Gasteiger partial charge on any atom is 0.320 e. The molecule has 2 amide bonds. The molecule has 1 saturated heterocycles. The molecule has 2 aromatic heterocycles. The molecule has 0 saturated carbocycles. The standard InChI is InChI=1S/C16H24N6O3/c1-4-10-11(5-2)20-22(3)14(10)19-16(23)17-9-13-18-15(25-21-13)12-7-6-8-24-12/h12H,4-9H2,1-3H3,(H2,17,19,23). The lowest BCUT2D eigenvalue weighted by Crippen LogP contribution is -2.29. The summed E-state index contributed by atoms with van der Waals surface area (Å²) in [5, 5.41) is 13.9. The highest BCUT2D eigenvalue weighted by Crippen LogP contribution is 2.26. The van der Waals surface area contributed by atoms with Crippen LogP contribution >= 0.6 is 0 Å². The van der Waals surface area contributed by atoms with E-state index in [2.05, 4.69) is 25.9 Å². The number of ether oxygens (including phenoxy) is 1. The van der Waals surface area contributed by atoms with Gasteiger partial charge < -0.3 is 14.6 Å². The van der Waals surface area contributed by atoms with Crippen molar-refractivity contribution in [2.24, 2.45) is 7.05 Å². The topological polar surface area (TPSA) is 107 Å². The van der Waals surface area contributed by atoms with Crippen molar-refractivity contribution >= 4 is 11.8 Å². The molecule has 1 atom stereocenters. The molecular formula is C16H24N6O3. The fourth-order valence-electron chi connectivity index (χ4n) is 2.99. The highest BCUT2D eigenvalue weighted by molar-refractivity contribution is 5.89. The van der Waals surface area contributed by atoms with Crippen LogP contribution in [0.4, 0.5) is 10.6 Å². The Morgan fingerprint density at radius 3 is 2.88 bits per heavy atom. The van der Waals surface area contributed by atoms with Gasteiger partial charge in [0.1, 0.15) is 11.9 Å². The average Bonchev–Trinajstić information content (AvgIpc) is 3.33. The van der Waals surface area contributed by atoms with Gasteiger partial charge in [-0.05, 0) is 25.7 Å². The smallest absolute Gasteiger partial charge is 0.320 e. The van der Waals surface area contributed by atoms with Gasteiger partial charge in [-0.15, -0.1) is 0 Å². The maximum absolute atomic E-state index is 12.2. The number of amides is 2. The zero-order valence-corrected chi connectivity index (χ0v) is 14.8. The molecule has 9 nitrogen and oxygen atoms in total. The average molecular weight is 348 g/mol. The summed E-state index contributed by atoms with van der Waals surface area (Å²) in [4.78, 5) is 16.5. The number of hydrogen-bond acceptors (Lipinski definition) is 6. The summed E-state index contributed by atoms with van der Waals surface area (Å²) < 4.78 is 12.4. The van der Waals surface area contributed by atoms with E-state index in [1.807, 2.05) is 20.9 Å². The minimum atomic E-state index is -0.330. The molecule has 1 aliphatic heterocycles. The van der Waals surface area contributed by atoms with Gasteiger partial charge in [0.25, 0.3) is 5.89 Å². The summed E-state index contributed by atoms with van der Waals surface area (Å²) in [6.45, 7) is 4.99. The van der Waals surface area contributed by atoms with Gasteiger partial charge in [0.15, 0.2) is 5.82 Å². The minimum absolute atomic E-state index is 0.121. The minimum Gasteiger partial charge on any atom is -0.368 e. The lowest BCUT2D eigenvalue weighted by atomic mass is 10.1. The maximum atomic E-state index is 12.2. The Bertz CT molecular complexity index is 732. The number of carbonyl (C=O) groups excluding carboxylic acids is 1. The van der Waals surface area contributed by atoms with E-state index < -0.39 is 0 Å². The number of aryl methyl sites for hydroxylation is 2. The largest absolute Gasteiger partial charge is 0.368 e. The molecule has 136 valence electrons. The van der Waals surface area contributed by atoms with Gasteiger partial charge in [0.05, 0.1) is 12.2 Å². The molecule has 1 fully saturated rings. The molecule has 0 aliphatic carbocycles. The second kappa shape index (κ2) is 7.64. The number of nitrogens with zero attached hydrogens (tertiary/aromatic N) is 4. The summed E-state index contributed by atoms with van der Waals surface area (Å²) >= 11 is 0. The van der Waals surface area contributed by atoms with E-state index in [0.717, 1.165) is 36.9 Å². The Morgan fingerprint density at radius 2 is 2.20 bits per heavy atom. The fraction of sp³-hybridized carbons (Fsp3) is 0.625. The molecule has 25 heavy (non-hydrogen) atoms. The molecule has 3 rings (SSSR count). The van der Waals surface area contributed by atoms with Gasteiger partial charge in [-0.1, -0.05) is 19.0 Å². The number of urea groups is 1. The zero-order valence-electron chi connectivity index (χ0n) is 14.8. The van der Waals surface area contributed by atoms with Crippen LogP contribution in [0.1, 0.15) is 55.8 Å². The number of anilines is 1. The van der Waals surface area contributed by atoms with Gasteiger partial charge in [-0.2, -0.15) is 10.1 Å². The van der Waals surface area contributed by atoms with Crippen molar-refractivity contribution in [1.29, 1.82) is 0 Å². The molecule has 2 aromatic rings. The fourth-order valence-corrected chi connectivity index (χ4v) is 2.99. The van der Waals surface area contributed by atoms with Gasteiger partial charge >= 0.3 is 6.03 Å². The van der Waals surface area contributed by atoms with Crippen molar-refractivity contribution in [2.45, 2.75) is 52.2 Å². The third kappa shape index (κ3) is 3.81. The molecule has 0 spiro atoms. The summed E-state index contributed by atoms with van der Waals surface area (Å²) in [6.07, 6.45) is 3.39. The quantitative estimate of drug-likeness (QED) is 0.828. The van der Waals surface area contributed by atoms with E-state index in [1.165, 1.54) is 0 Å². The third-order valence-corrected chi connectivity index (χ3v) is 4.24. The van der Waals surface area contributed by atoms with Crippen molar-refractivity contribution in [3.63, 3.8) is 0 Å². The Kier molecular flexibility index (Phi) is 5.32. The lowest BCUT2D eigenvalue weighted by molar-refractivity contribution is 0.0835. The molecule has 1 aliphatic rings.